The number of amides is 1. The van der Waals surface area contributed by atoms with Crippen LogP contribution in [0, 0.1) is 5.92 Å². The number of ether oxygens (including phenoxy) is 2. The van der Waals surface area contributed by atoms with Crippen LogP contribution < -0.4 is 5.56 Å². The largest absolute Gasteiger partial charge is 0.350 e. The van der Waals surface area contributed by atoms with E-state index < -0.39 is 0 Å². The summed E-state index contributed by atoms with van der Waals surface area (Å²) in [6.45, 7) is 3.08. The second kappa shape index (κ2) is 8.08. The molecule has 0 N–H and O–H groups in total. The van der Waals surface area contributed by atoms with Crippen molar-refractivity contribution >= 4 is 32.7 Å². The molecule has 2 fully saturated rings. The van der Waals surface area contributed by atoms with Gasteiger partial charge in [-0.05, 0) is 31.0 Å². The molecule has 1 aromatic carbocycles. The van der Waals surface area contributed by atoms with Gasteiger partial charge in [0.15, 0.2) is 6.29 Å². The van der Waals surface area contributed by atoms with E-state index in [4.69, 9.17) is 9.47 Å². The lowest BCUT2D eigenvalue weighted by atomic mass is 9.96. The Bertz CT molecular complexity index is 886. The number of aryl methyl sites for hydroxylation is 1. The topological polar surface area (TPSA) is 73.7 Å². The molecule has 144 valence electrons. The number of nitrogens with zero attached hydrogens (tertiary/aromatic N) is 3. The van der Waals surface area contributed by atoms with Gasteiger partial charge in [-0.25, -0.2) is 4.98 Å². The number of rotatable bonds is 4. The Hall–Kier alpha value is -1.77. The maximum absolute atomic E-state index is 12.6. The highest BCUT2D eigenvalue weighted by Crippen LogP contribution is 2.26. The molecule has 2 aliphatic heterocycles. The van der Waals surface area contributed by atoms with Gasteiger partial charge < -0.3 is 14.4 Å². The minimum absolute atomic E-state index is 0.0722. The van der Waals surface area contributed by atoms with Crippen molar-refractivity contribution in [1.29, 1.82) is 0 Å². The Morgan fingerprint density at radius 1 is 1.22 bits per heavy atom. The smallest absolute Gasteiger partial charge is 0.261 e. The number of fused-ring (bicyclic) bond motifs is 1. The highest BCUT2D eigenvalue weighted by molar-refractivity contribution is 9.10. The van der Waals surface area contributed by atoms with Gasteiger partial charge in [-0.1, -0.05) is 15.9 Å². The number of piperidine rings is 1. The van der Waals surface area contributed by atoms with Crippen LogP contribution in [0.25, 0.3) is 10.9 Å². The van der Waals surface area contributed by atoms with Crippen molar-refractivity contribution in [3.63, 3.8) is 0 Å². The first-order valence-electron chi connectivity index (χ1n) is 9.27. The summed E-state index contributed by atoms with van der Waals surface area (Å²) in [7, 11) is 0. The second-order valence-electron chi connectivity index (χ2n) is 6.98. The van der Waals surface area contributed by atoms with Crippen LogP contribution in [0.5, 0.6) is 0 Å². The zero-order valence-electron chi connectivity index (χ0n) is 15.0. The normalized spacial score (nSPS) is 19.1. The summed E-state index contributed by atoms with van der Waals surface area (Å²) in [6.07, 6.45) is 3.49. The third-order valence-corrected chi connectivity index (χ3v) is 5.77. The zero-order valence-corrected chi connectivity index (χ0v) is 16.6. The molecule has 0 unspecified atom stereocenters. The average Bonchev–Trinajstić information content (AvgIpc) is 3.23. The van der Waals surface area contributed by atoms with E-state index in [1.807, 2.05) is 11.0 Å². The molecule has 8 heteroatoms. The standard InChI is InChI=1S/C19H22BrN3O4/c20-14-1-2-16-15(11-14)18(25)23(12-21-16)8-5-17(24)22-6-3-13(4-7-22)19-26-9-10-27-19/h1-2,11-13,19H,3-10H2. The summed E-state index contributed by atoms with van der Waals surface area (Å²) >= 11 is 3.38. The number of hydrogen-bond donors (Lipinski definition) is 0. The molecule has 2 saturated heterocycles. The fraction of sp³-hybridized carbons (Fsp3) is 0.526. The number of carbonyl (C=O) groups is 1. The molecule has 0 aliphatic carbocycles. The molecule has 7 nitrogen and oxygen atoms in total. The van der Waals surface area contributed by atoms with Crippen LogP contribution in [0.1, 0.15) is 19.3 Å². The molecule has 27 heavy (non-hydrogen) atoms. The molecule has 1 aromatic heterocycles. The van der Waals surface area contributed by atoms with E-state index in [0.717, 1.165) is 17.3 Å². The quantitative estimate of drug-likeness (QED) is 0.735. The van der Waals surface area contributed by atoms with Crippen molar-refractivity contribution in [3.05, 3.63) is 39.4 Å². The zero-order chi connectivity index (χ0) is 18.8. The molecule has 2 aromatic rings. The number of hydrogen-bond acceptors (Lipinski definition) is 5. The van der Waals surface area contributed by atoms with Crippen molar-refractivity contribution in [2.75, 3.05) is 26.3 Å². The monoisotopic (exact) mass is 435 g/mol. The van der Waals surface area contributed by atoms with Crippen molar-refractivity contribution < 1.29 is 14.3 Å². The Balaban J connectivity index is 1.35. The molecular weight excluding hydrogens is 414 g/mol. The van der Waals surface area contributed by atoms with E-state index in [1.54, 1.807) is 12.1 Å². The highest BCUT2D eigenvalue weighted by atomic mass is 79.9. The molecule has 0 spiro atoms. The summed E-state index contributed by atoms with van der Waals surface area (Å²) < 4.78 is 13.5. The molecule has 2 aliphatic rings. The maximum Gasteiger partial charge on any atom is 0.261 e. The fourth-order valence-electron chi connectivity index (χ4n) is 3.73. The summed E-state index contributed by atoms with van der Waals surface area (Å²) in [6, 6.07) is 5.42. The van der Waals surface area contributed by atoms with E-state index in [1.165, 1.54) is 10.9 Å². The molecule has 3 heterocycles. The van der Waals surface area contributed by atoms with Crippen LogP contribution in [0.3, 0.4) is 0 Å². The van der Waals surface area contributed by atoms with Gasteiger partial charge >= 0.3 is 0 Å². The lowest BCUT2D eigenvalue weighted by Crippen LogP contribution is -2.42. The van der Waals surface area contributed by atoms with E-state index in [0.29, 0.717) is 56.1 Å². The number of halogens is 1. The first-order chi connectivity index (χ1) is 13.1. The molecule has 4 rings (SSSR count). The lowest BCUT2D eigenvalue weighted by molar-refractivity contribution is -0.137. The number of aromatic nitrogens is 2. The van der Waals surface area contributed by atoms with Crippen LogP contribution in [-0.4, -0.2) is 53.0 Å². The summed E-state index contributed by atoms with van der Waals surface area (Å²) in [5.74, 6) is 0.435. The fourth-order valence-corrected chi connectivity index (χ4v) is 4.10. The van der Waals surface area contributed by atoms with Gasteiger partial charge in [0.1, 0.15) is 0 Å². The van der Waals surface area contributed by atoms with Gasteiger partial charge in [0, 0.05) is 36.4 Å². The second-order valence-corrected chi connectivity index (χ2v) is 7.90. The van der Waals surface area contributed by atoms with Crippen LogP contribution in [0.2, 0.25) is 0 Å². The van der Waals surface area contributed by atoms with Gasteiger partial charge in [0.25, 0.3) is 5.56 Å². The molecule has 0 bridgehead atoms. The highest BCUT2D eigenvalue weighted by Gasteiger charge is 2.31. The van der Waals surface area contributed by atoms with E-state index in [9.17, 15) is 9.59 Å². The number of benzene rings is 1. The SMILES string of the molecule is O=C(CCn1cnc2ccc(Br)cc2c1=O)N1CCC(C2OCCO2)CC1. The van der Waals surface area contributed by atoms with Crippen LogP contribution in [0.15, 0.2) is 33.8 Å². The molecule has 1 amide bonds. The van der Waals surface area contributed by atoms with Crippen LogP contribution >= 0.6 is 15.9 Å². The number of carbonyl (C=O) groups excluding carboxylic acids is 1. The van der Waals surface area contributed by atoms with Crippen molar-refractivity contribution in [2.45, 2.75) is 32.1 Å². The van der Waals surface area contributed by atoms with E-state index >= 15 is 0 Å². The van der Waals surface area contributed by atoms with Crippen molar-refractivity contribution in [3.8, 4) is 0 Å². The summed E-state index contributed by atoms with van der Waals surface area (Å²) in [4.78, 5) is 31.4. The molecule has 0 saturated carbocycles. The summed E-state index contributed by atoms with van der Waals surface area (Å²) in [5.41, 5.74) is 0.535. The molecule has 0 atom stereocenters. The van der Waals surface area contributed by atoms with Crippen molar-refractivity contribution in [1.82, 2.24) is 14.5 Å². The lowest BCUT2D eigenvalue weighted by Gasteiger charge is -2.34. The minimum Gasteiger partial charge on any atom is -0.350 e. The first-order valence-corrected chi connectivity index (χ1v) is 10.1. The van der Waals surface area contributed by atoms with E-state index in [-0.39, 0.29) is 17.8 Å². The summed E-state index contributed by atoms with van der Waals surface area (Å²) in [5, 5.41) is 0.553. The molecular formula is C19H22BrN3O4. The van der Waals surface area contributed by atoms with Crippen molar-refractivity contribution in [2.24, 2.45) is 5.92 Å². The predicted octanol–water partition coefficient (Wildman–Crippen LogP) is 2.16. The van der Waals surface area contributed by atoms with Gasteiger partial charge in [0.05, 0.1) is 30.4 Å². The van der Waals surface area contributed by atoms with E-state index in [2.05, 4.69) is 20.9 Å². The average molecular weight is 436 g/mol. The van der Waals surface area contributed by atoms with Gasteiger partial charge in [0.2, 0.25) is 5.91 Å². The minimum atomic E-state index is -0.122. The Kier molecular flexibility index (Phi) is 5.56. The molecule has 0 radical (unpaired) electrons. The predicted molar refractivity (Wildman–Crippen MR) is 103 cm³/mol. The van der Waals surface area contributed by atoms with Crippen LogP contribution in [-0.2, 0) is 20.8 Å². The van der Waals surface area contributed by atoms with Crippen LogP contribution in [0.4, 0.5) is 0 Å². The Morgan fingerprint density at radius 3 is 2.70 bits per heavy atom. The Morgan fingerprint density at radius 2 is 1.96 bits per heavy atom. The van der Waals surface area contributed by atoms with Gasteiger partial charge in [-0.15, -0.1) is 0 Å². The third-order valence-electron chi connectivity index (χ3n) is 5.28. The first kappa shape index (κ1) is 18.6. The van der Waals surface area contributed by atoms with Gasteiger partial charge in [-0.3, -0.25) is 14.2 Å². The Labute approximate surface area is 165 Å². The third kappa shape index (κ3) is 4.07. The maximum atomic E-state index is 12.6. The van der Waals surface area contributed by atoms with Gasteiger partial charge in [-0.2, -0.15) is 0 Å². The number of likely N-dealkylation sites (tertiary alicyclic amines) is 1.